The molecule has 1 heterocycles. The Kier molecular flexibility index (Phi) is 3.95. The van der Waals surface area contributed by atoms with E-state index in [1.165, 1.54) is 11.1 Å². The van der Waals surface area contributed by atoms with Gasteiger partial charge in [0.1, 0.15) is 0 Å². The Bertz CT molecular complexity index is 444. The second-order valence-electron chi connectivity index (χ2n) is 5.44. The number of rotatable bonds is 4. The Morgan fingerprint density at radius 2 is 1.11 bits per heavy atom. The third-order valence-electron chi connectivity index (χ3n) is 4.01. The zero-order valence-electron chi connectivity index (χ0n) is 11.2. The third kappa shape index (κ3) is 3.24. The van der Waals surface area contributed by atoms with Crippen LogP contribution in [0.3, 0.4) is 0 Å². The van der Waals surface area contributed by atoms with Crippen LogP contribution in [0.1, 0.15) is 11.1 Å². The summed E-state index contributed by atoms with van der Waals surface area (Å²) in [6.45, 7) is 1.82. The molecule has 0 radical (unpaired) electrons. The lowest BCUT2D eigenvalue weighted by atomic mass is 9.85. The summed E-state index contributed by atoms with van der Waals surface area (Å²) in [5.41, 5.74) is 2.85. The highest BCUT2D eigenvalue weighted by molar-refractivity contribution is 5.18. The van der Waals surface area contributed by atoms with Gasteiger partial charge in [-0.2, -0.15) is 0 Å². The van der Waals surface area contributed by atoms with E-state index in [9.17, 15) is 0 Å². The molecule has 1 saturated heterocycles. The summed E-state index contributed by atoms with van der Waals surface area (Å²) in [6.07, 6.45) is 2.27. The van der Waals surface area contributed by atoms with E-state index in [1.54, 1.807) is 0 Å². The fraction of sp³-hybridized carbons (Fsp3) is 0.333. The lowest BCUT2D eigenvalue weighted by Crippen LogP contribution is -2.17. The molecule has 2 aromatic rings. The maximum atomic E-state index is 5.71. The zero-order valence-corrected chi connectivity index (χ0v) is 11.2. The van der Waals surface area contributed by atoms with Crippen LogP contribution in [0, 0.1) is 11.8 Å². The van der Waals surface area contributed by atoms with Crippen LogP contribution in [0.5, 0.6) is 0 Å². The maximum absolute atomic E-state index is 5.71. The molecule has 0 aliphatic carbocycles. The fourth-order valence-corrected chi connectivity index (χ4v) is 2.93. The molecule has 0 aromatic heterocycles. The number of benzene rings is 2. The van der Waals surface area contributed by atoms with Crippen molar-refractivity contribution in [3.63, 3.8) is 0 Å². The lowest BCUT2D eigenvalue weighted by Gasteiger charge is -2.17. The lowest BCUT2D eigenvalue weighted by molar-refractivity contribution is 0.180. The molecular weight excluding hydrogens is 232 g/mol. The second kappa shape index (κ2) is 6.03. The van der Waals surface area contributed by atoms with Crippen molar-refractivity contribution in [2.45, 2.75) is 12.8 Å². The molecule has 98 valence electrons. The van der Waals surface area contributed by atoms with Crippen molar-refractivity contribution < 1.29 is 4.74 Å². The van der Waals surface area contributed by atoms with Crippen molar-refractivity contribution in [3.8, 4) is 0 Å². The second-order valence-corrected chi connectivity index (χ2v) is 5.44. The van der Waals surface area contributed by atoms with Gasteiger partial charge in [-0.05, 0) is 35.8 Å². The summed E-state index contributed by atoms with van der Waals surface area (Å²) in [7, 11) is 0. The van der Waals surface area contributed by atoms with Gasteiger partial charge in [-0.3, -0.25) is 0 Å². The first kappa shape index (κ1) is 12.4. The van der Waals surface area contributed by atoms with Gasteiger partial charge < -0.3 is 4.74 Å². The van der Waals surface area contributed by atoms with Gasteiger partial charge in [-0.15, -0.1) is 0 Å². The van der Waals surface area contributed by atoms with Crippen LogP contribution < -0.4 is 0 Å². The maximum Gasteiger partial charge on any atom is 0.0501 e. The van der Waals surface area contributed by atoms with E-state index >= 15 is 0 Å². The number of hydrogen-bond acceptors (Lipinski definition) is 1. The number of hydrogen-bond donors (Lipinski definition) is 0. The first-order valence-electron chi connectivity index (χ1n) is 7.07. The van der Waals surface area contributed by atoms with Crippen molar-refractivity contribution in [2.75, 3.05) is 13.2 Å². The molecule has 1 heteroatoms. The molecule has 0 N–H and O–H groups in total. The van der Waals surface area contributed by atoms with Crippen molar-refractivity contribution in [1.29, 1.82) is 0 Å². The first-order chi connectivity index (χ1) is 9.42. The van der Waals surface area contributed by atoms with E-state index in [0.717, 1.165) is 26.1 Å². The highest BCUT2D eigenvalue weighted by Crippen LogP contribution is 2.27. The van der Waals surface area contributed by atoms with Gasteiger partial charge in [0.05, 0.1) is 13.2 Å². The molecule has 1 fully saturated rings. The Morgan fingerprint density at radius 1 is 0.684 bits per heavy atom. The van der Waals surface area contributed by atoms with Crippen LogP contribution in [0.2, 0.25) is 0 Å². The molecule has 0 amide bonds. The van der Waals surface area contributed by atoms with E-state index in [-0.39, 0.29) is 0 Å². The summed E-state index contributed by atoms with van der Waals surface area (Å²) in [5.74, 6) is 1.31. The van der Waals surface area contributed by atoms with E-state index < -0.39 is 0 Å². The predicted octanol–water partition coefficient (Wildman–Crippen LogP) is 3.73. The van der Waals surface area contributed by atoms with Gasteiger partial charge in [0, 0.05) is 0 Å². The standard InChI is InChI=1S/C18H20O/c1-3-7-15(8-4-1)11-17-13-19-14-18(17)12-16-9-5-2-6-10-16/h1-10,17-18H,11-14H2. The van der Waals surface area contributed by atoms with E-state index in [2.05, 4.69) is 60.7 Å². The fourth-order valence-electron chi connectivity index (χ4n) is 2.93. The minimum atomic E-state index is 0.655. The van der Waals surface area contributed by atoms with Crippen LogP contribution in [0.15, 0.2) is 60.7 Å². The van der Waals surface area contributed by atoms with Crippen LogP contribution in [0.4, 0.5) is 0 Å². The number of ether oxygens (including phenoxy) is 1. The molecule has 1 aliphatic heterocycles. The highest BCUT2D eigenvalue weighted by Gasteiger charge is 2.28. The average molecular weight is 252 g/mol. The monoisotopic (exact) mass is 252 g/mol. The smallest absolute Gasteiger partial charge is 0.0501 e. The molecule has 3 rings (SSSR count). The molecule has 0 spiro atoms. The molecule has 1 nitrogen and oxygen atoms in total. The summed E-state index contributed by atoms with van der Waals surface area (Å²) in [4.78, 5) is 0. The predicted molar refractivity (Wildman–Crippen MR) is 78.1 cm³/mol. The molecule has 2 atom stereocenters. The molecule has 19 heavy (non-hydrogen) atoms. The van der Waals surface area contributed by atoms with Gasteiger partial charge in [0.15, 0.2) is 0 Å². The molecular formula is C18H20O. The molecule has 2 aromatic carbocycles. The van der Waals surface area contributed by atoms with Crippen LogP contribution in [0.25, 0.3) is 0 Å². The molecule has 1 aliphatic rings. The van der Waals surface area contributed by atoms with Gasteiger partial charge >= 0.3 is 0 Å². The van der Waals surface area contributed by atoms with Crippen molar-refractivity contribution >= 4 is 0 Å². The molecule has 0 saturated carbocycles. The normalized spacial score (nSPS) is 22.5. The van der Waals surface area contributed by atoms with Crippen LogP contribution >= 0.6 is 0 Å². The Morgan fingerprint density at radius 3 is 1.53 bits per heavy atom. The van der Waals surface area contributed by atoms with Crippen molar-refractivity contribution in [3.05, 3.63) is 71.8 Å². The SMILES string of the molecule is c1ccc(CC2COCC2Cc2ccccc2)cc1. The zero-order chi connectivity index (χ0) is 12.9. The highest BCUT2D eigenvalue weighted by atomic mass is 16.5. The Balaban J connectivity index is 1.65. The van der Waals surface area contributed by atoms with Crippen LogP contribution in [-0.2, 0) is 17.6 Å². The quantitative estimate of drug-likeness (QED) is 0.805. The van der Waals surface area contributed by atoms with E-state index in [4.69, 9.17) is 4.74 Å². The Labute approximate surface area is 115 Å². The largest absolute Gasteiger partial charge is 0.381 e. The van der Waals surface area contributed by atoms with Gasteiger partial charge in [-0.25, -0.2) is 0 Å². The molecule has 2 unspecified atom stereocenters. The summed E-state index contributed by atoms with van der Waals surface area (Å²) >= 11 is 0. The summed E-state index contributed by atoms with van der Waals surface area (Å²) < 4.78 is 5.71. The molecule has 0 bridgehead atoms. The summed E-state index contributed by atoms with van der Waals surface area (Å²) in [5, 5.41) is 0. The average Bonchev–Trinajstić information content (AvgIpc) is 2.88. The minimum absolute atomic E-state index is 0.655. The van der Waals surface area contributed by atoms with Gasteiger partial charge in [0.25, 0.3) is 0 Å². The summed E-state index contributed by atoms with van der Waals surface area (Å²) in [6, 6.07) is 21.5. The van der Waals surface area contributed by atoms with Crippen molar-refractivity contribution in [1.82, 2.24) is 0 Å². The minimum Gasteiger partial charge on any atom is -0.381 e. The van der Waals surface area contributed by atoms with Gasteiger partial charge in [-0.1, -0.05) is 60.7 Å². The topological polar surface area (TPSA) is 9.23 Å². The van der Waals surface area contributed by atoms with Crippen molar-refractivity contribution in [2.24, 2.45) is 11.8 Å². The van der Waals surface area contributed by atoms with Gasteiger partial charge in [0.2, 0.25) is 0 Å². The first-order valence-corrected chi connectivity index (χ1v) is 7.07. The van der Waals surface area contributed by atoms with Crippen LogP contribution in [-0.4, -0.2) is 13.2 Å². The third-order valence-corrected chi connectivity index (χ3v) is 4.01. The Hall–Kier alpha value is -1.60. The van der Waals surface area contributed by atoms with E-state index in [1.807, 2.05) is 0 Å². The van der Waals surface area contributed by atoms with E-state index in [0.29, 0.717) is 11.8 Å².